The maximum absolute atomic E-state index is 11.4. The van der Waals surface area contributed by atoms with Gasteiger partial charge >= 0.3 is 0 Å². The molecular weight excluding hydrogens is 214 g/mol. The molecule has 78 valence electrons. The third-order valence-corrected chi connectivity index (χ3v) is 2.74. The van der Waals surface area contributed by atoms with Crippen molar-refractivity contribution in [3.8, 4) is 0 Å². The zero-order valence-corrected chi connectivity index (χ0v) is 8.78. The Bertz CT molecular complexity index is 391. The zero-order valence-electron chi connectivity index (χ0n) is 8.02. The van der Waals surface area contributed by atoms with Crippen molar-refractivity contribution in [3.63, 3.8) is 0 Å². The molecule has 4 heteroatoms. The molecule has 0 aromatic heterocycles. The maximum atomic E-state index is 11.4. The summed E-state index contributed by atoms with van der Waals surface area (Å²) in [5, 5.41) is 0. The van der Waals surface area contributed by atoms with Crippen LogP contribution in [-0.2, 0) is 9.59 Å². The molecule has 3 nitrogen and oxygen atoms in total. The van der Waals surface area contributed by atoms with E-state index in [1.807, 2.05) is 30.3 Å². The number of alkyl halides is 1. The normalized spacial score (nSPS) is 19.9. The molecule has 0 radical (unpaired) electrons. The summed E-state index contributed by atoms with van der Waals surface area (Å²) in [5.41, 5.74) is 0.982. The first kappa shape index (κ1) is 10.2. The van der Waals surface area contributed by atoms with E-state index in [0.29, 0.717) is 6.42 Å². The van der Waals surface area contributed by atoms with E-state index in [1.165, 1.54) is 4.90 Å². The van der Waals surface area contributed by atoms with Gasteiger partial charge in [-0.3, -0.25) is 14.5 Å². The Hall–Kier alpha value is -1.35. The smallest absolute Gasteiger partial charge is 0.244 e. The van der Waals surface area contributed by atoms with Gasteiger partial charge in [0.1, 0.15) is 5.88 Å². The second-order valence-electron chi connectivity index (χ2n) is 3.42. The number of carbonyl (C=O) groups excluding carboxylic acids is 2. The average molecular weight is 224 g/mol. The van der Waals surface area contributed by atoms with Crippen molar-refractivity contribution in [3.05, 3.63) is 35.9 Å². The number of likely N-dealkylation sites (tertiary alicyclic amines) is 1. The predicted molar refractivity (Wildman–Crippen MR) is 56.4 cm³/mol. The highest BCUT2D eigenvalue weighted by Crippen LogP contribution is 2.34. The summed E-state index contributed by atoms with van der Waals surface area (Å²) in [7, 11) is 0. The van der Waals surface area contributed by atoms with Crippen LogP contribution in [0.5, 0.6) is 0 Å². The van der Waals surface area contributed by atoms with Crippen LogP contribution in [0.15, 0.2) is 30.3 Å². The van der Waals surface area contributed by atoms with Crippen LogP contribution in [0.25, 0.3) is 0 Å². The van der Waals surface area contributed by atoms with Gasteiger partial charge in [0.05, 0.1) is 12.5 Å². The lowest BCUT2D eigenvalue weighted by molar-refractivity contribution is -0.157. The number of amides is 2. The van der Waals surface area contributed by atoms with Crippen LogP contribution in [0.1, 0.15) is 18.0 Å². The van der Waals surface area contributed by atoms with Crippen LogP contribution in [-0.4, -0.2) is 22.6 Å². The highest BCUT2D eigenvalue weighted by Gasteiger charge is 2.40. The minimum absolute atomic E-state index is 0.120. The fraction of sp³-hybridized carbons (Fsp3) is 0.273. The van der Waals surface area contributed by atoms with Crippen molar-refractivity contribution in [2.45, 2.75) is 12.5 Å². The van der Waals surface area contributed by atoms with E-state index < -0.39 is 0 Å². The lowest BCUT2D eigenvalue weighted by atomic mass is 9.94. The van der Waals surface area contributed by atoms with Crippen LogP contribution >= 0.6 is 11.6 Å². The topological polar surface area (TPSA) is 37.4 Å². The van der Waals surface area contributed by atoms with Gasteiger partial charge < -0.3 is 0 Å². The lowest BCUT2D eigenvalue weighted by Crippen LogP contribution is -2.50. The number of rotatable bonds is 2. The molecule has 1 aromatic carbocycles. The van der Waals surface area contributed by atoms with Gasteiger partial charge in [0, 0.05) is 0 Å². The molecule has 1 unspecified atom stereocenters. The summed E-state index contributed by atoms with van der Waals surface area (Å²) in [4.78, 5) is 23.9. The van der Waals surface area contributed by atoms with Gasteiger partial charge in [0.25, 0.3) is 0 Å². The summed E-state index contributed by atoms with van der Waals surface area (Å²) in [5.74, 6) is -0.606. The first-order chi connectivity index (χ1) is 7.24. The van der Waals surface area contributed by atoms with E-state index in [1.54, 1.807) is 0 Å². The third-order valence-electron chi connectivity index (χ3n) is 2.52. The summed E-state index contributed by atoms with van der Waals surface area (Å²) >= 11 is 5.43. The first-order valence-electron chi connectivity index (χ1n) is 4.70. The molecule has 0 saturated carbocycles. The molecular formula is C11H10ClNO2. The van der Waals surface area contributed by atoms with E-state index in [-0.39, 0.29) is 23.7 Å². The average Bonchev–Trinajstić information content (AvgIpc) is 2.26. The van der Waals surface area contributed by atoms with Gasteiger partial charge in [-0.15, -0.1) is 11.6 Å². The number of benzene rings is 1. The third kappa shape index (κ3) is 1.75. The molecule has 1 aromatic rings. The van der Waals surface area contributed by atoms with Gasteiger partial charge in [-0.1, -0.05) is 30.3 Å². The fourth-order valence-corrected chi connectivity index (χ4v) is 1.86. The predicted octanol–water partition coefficient (Wildman–Crippen LogP) is 1.73. The molecule has 2 amide bonds. The molecule has 0 spiro atoms. The summed E-state index contributed by atoms with van der Waals surface area (Å²) < 4.78 is 0. The molecule has 1 heterocycles. The van der Waals surface area contributed by atoms with E-state index in [0.717, 1.165) is 5.56 Å². The lowest BCUT2D eigenvalue weighted by Gasteiger charge is -2.38. The molecule has 0 bridgehead atoms. The van der Waals surface area contributed by atoms with Crippen LogP contribution in [0.2, 0.25) is 0 Å². The summed E-state index contributed by atoms with van der Waals surface area (Å²) in [6.07, 6.45) is 0.395. The molecule has 1 saturated heterocycles. The number of hydrogen-bond acceptors (Lipinski definition) is 2. The van der Waals surface area contributed by atoms with E-state index in [9.17, 15) is 9.59 Å². The molecule has 15 heavy (non-hydrogen) atoms. The highest BCUT2D eigenvalue weighted by atomic mass is 35.5. The molecule has 0 aliphatic carbocycles. The Labute approximate surface area is 92.6 Å². The maximum Gasteiger partial charge on any atom is 0.244 e. The van der Waals surface area contributed by atoms with Gasteiger partial charge in [-0.2, -0.15) is 0 Å². The van der Waals surface area contributed by atoms with Crippen LogP contribution in [0, 0.1) is 0 Å². The Kier molecular flexibility index (Phi) is 2.73. The van der Waals surface area contributed by atoms with E-state index >= 15 is 0 Å². The summed E-state index contributed by atoms with van der Waals surface area (Å²) in [6, 6.07) is 9.38. The van der Waals surface area contributed by atoms with Crippen molar-refractivity contribution < 1.29 is 9.59 Å². The van der Waals surface area contributed by atoms with Crippen molar-refractivity contribution >= 4 is 23.4 Å². The highest BCUT2D eigenvalue weighted by molar-refractivity contribution is 6.28. The Morgan fingerprint density at radius 2 is 2.07 bits per heavy atom. The van der Waals surface area contributed by atoms with Crippen molar-refractivity contribution in [2.75, 3.05) is 5.88 Å². The number of nitrogens with zero attached hydrogens (tertiary/aromatic N) is 1. The van der Waals surface area contributed by atoms with Crippen LogP contribution in [0.4, 0.5) is 0 Å². The second kappa shape index (κ2) is 4.03. The zero-order chi connectivity index (χ0) is 10.8. The minimum Gasteiger partial charge on any atom is -0.274 e. The Morgan fingerprint density at radius 3 is 2.60 bits per heavy atom. The molecule has 0 N–H and O–H groups in total. The monoisotopic (exact) mass is 223 g/mol. The van der Waals surface area contributed by atoms with E-state index in [4.69, 9.17) is 11.6 Å². The summed E-state index contributed by atoms with van der Waals surface area (Å²) in [6.45, 7) is 0. The Balaban J connectivity index is 2.19. The van der Waals surface area contributed by atoms with Crippen molar-refractivity contribution in [1.29, 1.82) is 0 Å². The van der Waals surface area contributed by atoms with Gasteiger partial charge in [-0.25, -0.2) is 0 Å². The largest absolute Gasteiger partial charge is 0.274 e. The Morgan fingerprint density at radius 1 is 1.40 bits per heavy atom. The van der Waals surface area contributed by atoms with E-state index in [2.05, 4.69) is 0 Å². The molecule has 2 rings (SSSR count). The molecule has 1 aliphatic rings. The van der Waals surface area contributed by atoms with Gasteiger partial charge in [-0.05, 0) is 5.56 Å². The van der Waals surface area contributed by atoms with Gasteiger partial charge in [0.15, 0.2) is 0 Å². The fourth-order valence-electron chi connectivity index (χ4n) is 1.74. The number of imide groups is 1. The number of halogens is 1. The standard InChI is InChI=1S/C11H10ClNO2/c12-7-11(15)13-9(6-10(13)14)8-4-2-1-3-5-8/h1-5,9H,6-7H2. The SMILES string of the molecule is O=C(CCl)N1C(=O)CC1c1ccccc1. The second-order valence-corrected chi connectivity index (χ2v) is 3.69. The van der Waals surface area contributed by atoms with Crippen molar-refractivity contribution in [1.82, 2.24) is 4.90 Å². The first-order valence-corrected chi connectivity index (χ1v) is 5.23. The number of hydrogen-bond donors (Lipinski definition) is 0. The molecule has 1 fully saturated rings. The molecule has 1 atom stereocenters. The van der Waals surface area contributed by atoms with Crippen molar-refractivity contribution in [2.24, 2.45) is 0 Å². The number of β-lactam (4-membered cyclic amide) rings is 1. The quantitative estimate of drug-likeness (QED) is 0.566. The van der Waals surface area contributed by atoms with Crippen LogP contribution in [0.3, 0.4) is 0 Å². The number of carbonyl (C=O) groups is 2. The van der Waals surface area contributed by atoms with Crippen LogP contribution < -0.4 is 0 Å². The van der Waals surface area contributed by atoms with Gasteiger partial charge in [0.2, 0.25) is 11.8 Å². The minimum atomic E-state index is -0.318. The molecule has 1 aliphatic heterocycles.